The second-order valence-corrected chi connectivity index (χ2v) is 2.68. The fourth-order valence-electron chi connectivity index (χ4n) is 0.505. The minimum atomic E-state index is -1.64. The third-order valence-corrected chi connectivity index (χ3v) is 1.28. The fourth-order valence-corrected chi connectivity index (χ4v) is 0.505. The van der Waals surface area contributed by atoms with Crippen LogP contribution in [0.1, 0.15) is 19.8 Å². The van der Waals surface area contributed by atoms with E-state index >= 15 is 0 Å². The molecule has 0 bridgehead atoms. The van der Waals surface area contributed by atoms with E-state index in [0.717, 1.165) is 12.8 Å². The van der Waals surface area contributed by atoms with Crippen molar-refractivity contribution in [3.63, 3.8) is 0 Å². The van der Waals surface area contributed by atoms with Gasteiger partial charge in [-0.2, -0.15) is 0 Å². The van der Waals surface area contributed by atoms with Crippen molar-refractivity contribution in [1.29, 1.82) is 0 Å². The number of rotatable bonds is 3. The molecule has 0 heterocycles. The number of hydrogen-bond donors (Lipinski definition) is 4. The Kier molecular flexibility index (Phi) is 6.61. The van der Waals surface area contributed by atoms with Gasteiger partial charge in [-0.25, -0.2) is 0 Å². The standard InChI is InChI=1S/C4H7BO3.C3H8O2/c6-5(7)8-4-2-1-3-4;1-3(5)2-4/h2,6-7H,1,3H2;3-5H,2H2,1H3. The lowest BCUT2D eigenvalue weighted by atomic mass is 10.1. The molecule has 1 aliphatic carbocycles. The summed E-state index contributed by atoms with van der Waals surface area (Å²) in [4.78, 5) is 0. The molecule has 1 rings (SSSR count). The lowest BCUT2D eigenvalue weighted by Crippen LogP contribution is -2.18. The Morgan fingerprint density at radius 3 is 2.15 bits per heavy atom. The van der Waals surface area contributed by atoms with Crippen molar-refractivity contribution in [3.05, 3.63) is 11.8 Å². The molecule has 5 nitrogen and oxygen atoms in total. The summed E-state index contributed by atoms with van der Waals surface area (Å²) in [5, 5.41) is 32.4. The van der Waals surface area contributed by atoms with Gasteiger partial charge in [0.15, 0.2) is 0 Å². The molecule has 0 amide bonds. The molecule has 6 heteroatoms. The van der Waals surface area contributed by atoms with Gasteiger partial charge in [0, 0.05) is 6.42 Å². The van der Waals surface area contributed by atoms with Gasteiger partial charge in [0.05, 0.1) is 18.5 Å². The van der Waals surface area contributed by atoms with Gasteiger partial charge in [-0.05, 0) is 19.4 Å². The highest BCUT2D eigenvalue weighted by Gasteiger charge is 2.15. The van der Waals surface area contributed by atoms with Crippen LogP contribution in [-0.4, -0.2) is 40.3 Å². The van der Waals surface area contributed by atoms with Gasteiger partial charge in [0.1, 0.15) is 0 Å². The van der Waals surface area contributed by atoms with Gasteiger partial charge in [0.2, 0.25) is 0 Å². The van der Waals surface area contributed by atoms with Gasteiger partial charge in [-0.1, -0.05) is 0 Å². The van der Waals surface area contributed by atoms with E-state index in [1.807, 2.05) is 6.08 Å². The third-order valence-electron chi connectivity index (χ3n) is 1.28. The molecule has 0 aromatic heterocycles. The van der Waals surface area contributed by atoms with Gasteiger partial charge in [0.25, 0.3) is 0 Å². The largest absolute Gasteiger partial charge is 0.707 e. The van der Waals surface area contributed by atoms with Crippen molar-refractivity contribution in [1.82, 2.24) is 0 Å². The van der Waals surface area contributed by atoms with Crippen LogP contribution >= 0.6 is 0 Å². The van der Waals surface area contributed by atoms with Gasteiger partial charge >= 0.3 is 7.32 Å². The zero-order valence-corrected chi connectivity index (χ0v) is 7.55. The summed E-state index contributed by atoms with van der Waals surface area (Å²) in [6.45, 7) is 1.39. The number of aliphatic hydroxyl groups is 2. The summed E-state index contributed by atoms with van der Waals surface area (Å²) in [7, 11) is -1.64. The first-order chi connectivity index (χ1) is 6.06. The molecule has 0 aromatic carbocycles. The minimum Gasteiger partial charge on any atom is -0.516 e. The molecule has 0 radical (unpaired) electrons. The van der Waals surface area contributed by atoms with E-state index in [1.165, 1.54) is 6.92 Å². The quantitative estimate of drug-likeness (QED) is 0.429. The Hall–Kier alpha value is -0.555. The van der Waals surface area contributed by atoms with E-state index in [1.54, 1.807) is 0 Å². The summed E-state index contributed by atoms with van der Waals surface area (Å²) in [5.41, 5.74) is 0. The van der Waals surface area contributed by atoms with Crippen molar-refractivity contribution in [3.8, 4) is 0 Å². The Morgan fingerprint density at radius 1 is 1.62 bits per heavy atom. The predicted molar refractivity (Wildman–Crippen MR) is 47.4 cm³/mol. The molecule has 0 spiro atoms. The Labute approximate surface area is 77.5 Å². The second-order valence-electron chi connectivity index (χ2n) is 2.68. The van der Waals surface area contributed by atoms with E-state index in [2.05, 4.69) is 4.65 Å². The van der Waals surface area contributed by atoms with E-state index in [0.29, 0.717) is 5.76 Å². The highest BCUT2D eigenvalue weighted by molar-refractivity contribution is 6.33. The predicted octanol–water partition coefficient (Wildman–Crippen LogP) is -0.990. The zero-order valence-electron chi connectivity index (χ0n) is 7.55. The van der Waals surface area contributed by atoms with Crippen LogP contribution in [-0.2, 0) is 4.65 Å². The first kappa shape index (κ1) is 12.4. The van der Waals surface area contributed by atoms with Crippen LogP contribution in [0.4, 0.5) is 0 Å². The lowest BCUT2D eigenvalue weighted by Gasteiger charge is -2.14. The average molecular weight is 190 g/mol. The zero-order chi connectivity index (χ0) is 10.3. The maximum Gasteiger partial charge on any atom is 0.707 e. The van der Waals surface area contributed by atoms with Crippen LogP contribution in [0.3, 0.4) is 0 Å². The minimum absolute atomic E-state index is 0.139. The van der Waals surface area contributed by atoms with Crippen molar-refractivity contribution in [2.24, 2.45) is 0 Å². The highest BCUT2D eigenvalue weighted by atomic mass is 16.6. The summed E-state index contributed by atoms with van der Waals surface area (Å²) in [6, 6.07) is 0. The summed E-state index contributed by atoms with van der Waals surface area (Å²) in [5.74, 6) is 0.681. The van der Waals surface area contributed by atoms with Crippen LogP contribution in [0.15, 0.2) is 11.8 Å². The maximum absolute atomic E-state index is 8.18. The van der Waals surface area contributed by atoms with E-state index < -0.39 is 13.4 Å². The number of aliphatic hydroxyl groups excluding tert-OH is 2. The van der Waals surface area contributed by atoms with Crippen molar-refractivity contribution < 1.29 is 24.9 Å². The smallest absolute Gasteiger partial charge is 0.516 e. The molecule has 76 valence electrons. The molecule has 1 atom stereocenters. The Morgan fingerprint density at radius 2 is 2.08 bits per heavy atom. The molecule has 0 fully saturated rings. The van der Waals surface area contributed by atoms with Gasteiger partial charge in [-0.3, -0.25) is 0 Å². The number of hydrogen-bond acceptors (Lipinski definition) is 5. The lowest BCUT2D eigenvalue weighted by molar-refractivity contribution is 0.110. The van der Waals surface area contributed by atoms with Crippen molar-refractivity contribution >= 4 is 7.32 Å². The highest BCUT2D eigenvalue weighted by Crippen LogP contribution is 2.18. The van der Waals surface area contributed by atoms with Crippen molar-refractivity contribution in [2.75, 3.05) is 6.61 Å². The Balaban J connectivity index is 0.000000252. The maximum atomic E-state index is 8.18. The molecule has 1 aliphatic rings. The topological polar surface area (TPSA) is 90.2 Å². The Bertz CT molecular complexity index is 157. The molecule has 0 aromatic rings. The summed E-state index contributed by atoms with van der Waals surface area (Å²) >= 11 is 0. The molecular formula is C7H15BO5. The molecule has 4 N–H and O–H groups in total. The van der Waals surface area contributed by atoms with E-state index in [-0.39, 0.29) is 6.61 Å². The van der Waals surface area contributed by atoms with E-state index in [9.17, 15) is 0 Å². The number of allylic oxidation sites excluding steroid dienone is 2. The summed E-state index contributed by atoms with van der Waals surface area (Å²) < 4.78 is 4.46. The molecule has 0 aliphatic heterocycles. The van der Waals surface area contributed by atoms with Crippen molar-refractivity contribution in [2.45, 2.75) is 25.9 Å². The molecule has 1 unspecified atom stereocenters. The van der Waals surface area contributed by atoms with Gasteiger partial charge in [-0.15, -0.1) is 0 Å². The normalized spacial score (nSPS) is 15.9. The third kappa shape index (κ3) is 7.79. The van der Waals surface area contributed by atoms with Crippen LogP contribution < -0.4 is 0 Å². The molecule has 13 heavy (non-hydrogen) atoms. The SMILES string of the molecule is CC(O)CO.OB(O)OC1=CCC1. The average Bonchev–Trinajstić information content (AvgIpc) is 1.98. The first-order valence-corrected chi connectivity index (χ1v) is 4.07. The van der Waals surface area contributed by atoms with Crippen LogP contribution in [0.2, 0.25) is 0 Å². The van der Waals surface area contributed by atoms with E-state index in [4.69, 9.17) is 20.3 Å². The van der Waals surface area contributed by atoms with Crippen LogP contribution in [0.5, 0.6) is 0 Å². The molecule has 0 saturated heterocycles. The second kappa shape index (κ2) is 6.91. The van der Waals surface area contributed by atoms with Gasteiger partial charge < -0.3 is 24.9 Å². The van der Waals surface area contributed by atoms with Crippen LogP contribution in [0, 0.1) is 0 Å². The fraction of sp³-hybridized carbons (Fsp3) is 0.714. The molecule has 0 saturated carbocycles. The van der Waals surface area contributed by atoms with Crippen LogP contribution in [0.25, 0.3) is 0 Å². The summed E-state index contributed by atoms with van der Waals surface area (Å²) in [6.07, 6.45) is 3.08. The first-order valence-electron chi connectivity index (χ1n) is 4.07. The molecular weight excluding hydrogens is 175 g/mol. The monoisotopic (exact) mass is 190 g/mol.